The summed E-state index contributed by atoms with van der Waals surface area (Å²) in [5, 5.41) is 3.15. The minimum atomic E-state index is -0.404. The lowest BCUT2D eigenvalue weighted by atomic mass is 10.1. The fourth-order valence-corrected chi connectivity index (χ4v) is 1.90. The molecule has 1 aliphatic carbocycles. The van der Waals surface area contributed by atoms with Gasteiger partial charge in [0.1, 0.15) is 5.60 Å². The summed E-state index contributed by atoms with van der Waals surface area (Å²) in [6.45, 7) is 9.74. The highest BCUT2D eigenvalue weighted by Crippen LogP contribution is 2.29. The number of rotatable bonds is 6. The summed E-state index contributed by atoms with van der Waals surface area (Å²) in [7, 11) is 1.96. The van der Waals surface area contributed by atoms with Crippen LogP contribution >= 0.6 is 0 Å². The highest BCUT2D eigenvalue weighted by Gasteiger charge is 2.35. The zero-order chi connectivity index (χ0) is 13.8. The SMILES string of the molecule is CNCCC(C)CN(C(=O)OC(C)(C)C)C1CC1. The molecule has 106 valence electrons. The Morgan fingerprint density at radius 1 is 1.44 bits per heavy atom. The number of ether oxygens (including phenoxy) is 1. The van der Waals surface area contributed by atoms with Gasteiger partial charge in [-0.15, -0.1) is 0 Å². The van der Waals surface area contributed by atoms with Crippen molar-refractivity contribution in [3.8, 4) is 0 Å². The maximum atomic E-state index is 12.1. The number of amides is 1. The van der Waals surface area contributed by atoms with Crippen molar-refractivity contribution in [1.29, 1.82) is 0 Å². The molecule has 0 spiro atoms. The number of carbonyl (C=O) groups is 1. The molecule has 0 saturated heterocycles. The van der Waals surface area contributed by atoms with E-state index in [1.807, 2.05) is 32.7 Å². The molecule has 4 heteroatoms. The maximum Gasteiger partial charge on any atom is 0.410 e. The van der Waals surface area contributed by atoms with Crippen molar-refractivity contribution in [3.05, 3.63) is 0 Å². The Labute approximate surface area is 111 Å². The number of hydrogen-bond donors (Lipinski definition) is 1. The first kappa shape index (κ1) is 15.3. The van der Waals surface area contributed by atoms with Gasteiger partial charge in [0.25, 0.3) is 0 Å². The molecule has 1 aliphatic rings. The Morgan fingerprint density at radius 2 is 2.06 bits per heavy atom. The highest BCUT2D eigenvalue weighted by molar-refractivity contribution is 5.69. The van der Waals surface area contributed by atoms with Crippen LogP contribution in [0.1, 0.15) is 47.0 Å². The van der Waals surface area contributed by atoms with Gasteiger partial charge in [-0.2, -0.15) is 0 Å². The zero-order valence-corrected chi connectivity index (χ0v) is 12.5. The third kappa shape index (κ3) is 5.71. The van der Waals surface area contributed by atoms with Crippen molar-refractivity contribution in [1.82, 2.24) is 10.2 Å². The molecule has 0 aromatic heterocycles. The standard InChI is InChI=1S/C14H28N2O2/c1-11(8-9-15-5)10-16(12-6-7-12)13(17)18-14(2,3)4/h11-12,15H,6-10H2,1-5H3. The van der Waals surface area contributed by atoms with Crippen LogP contribution in [0.5, 0.6) is 0 Å². The van der Waals surface area contributed by atoms with Crippen LogP contribution in [0.25, 0.3) is 0 Å². The van der Waals surface area contributed by atoms with E-state index in [0.717, 1.165) is 32.4 Å². The lowest BCUT2D eigenvalue weighted by Gasteiger charge is -2.29. The molecule has 0 aromatic rings. The normalized spacial score (nSPS) is 17.4. The van der Waals surface area contributed by atoms with Crippen LogP contribution in [-0.4, -0.2) is 42.8 Å². The Balaban J connectivity index is 2.46. The molecule has 1 unspecified atom stereocenters. The van der Waals surface area contributed by atoms with Gasteiger partial charge in [-0.25, -0.2) is 4.79 Å². The van der Waals surface area contributed by atoms with Crippen molar-refractivity contribution in [2.75, 3.05) is 20.1 Å². The third-order valence-electron chi connectivity index (χ3n) is 3.01. The van der Waals surface area contributed by atoms with Crippen LogP contribution in [-0.2, 0) is 4.74 Å². The van der Waals surface area contributed by atoms with Gasteiger partial charge >= 0.3 is 6.09 Å². The van der Waals surface area contributed by atoms with Crippen molar-refractivity contribution in [2.24, 2.45) is 5.92 Å². The summed E-state index contributed by atoms with van der Waals surface area (Å²) in [6.07, 6.45) is 3.18. The second kappa shape index (κ2) is 6.41. The monoisotopic (exact) mass is 256 g/mol. The summed E-state index contributed by atoms with van der Waals surface area (Å²) in [6, 6.07) is 0.414. The molecule has 0 bridgehead atoms. The Morgan fingerprint density at radius 3 is 2.50 bits per heavy atom. The van der Waals surface area contributed by atoms with Crippen molar-refractivity contribution in [3.63, 3.8) is 0 Å². The van der Waals surface area contributed by atoms with E-state index < -0.39 is 5.60 Å². The molecular weight excluding hydrogens is 228 g/mol. The second-order valence-electron chi connectivity index (χ2n) is 6.36. The Kier molecular flexibility index (Phi) is 5.45. The first-order valence-corrected chi connectivity index (χ1v) is 6.97. The first-order valence-electron chi connectivity index (χ1n) is 6.97. The molecule has 0 aromatic carbocycles. The lowest BCUT2D eigenvalue weighted by molar-refractivity contribution is 0.0205. The molecule has 1 N–H and O–H groups in total. The van der Waals surface area contributed by atoms with E-state index in [-0.39, 0.29) is 6.09 Å². The van der Waals surface area contributed by atoms with Gasteiger partial charge in [-0.1, -0.05) is 6.92 Å². The van der Waals surface area contributed by atoms with E-state index in [4.69, 9.17) is 4.74 Å². The summed E-state index contributed by atoms with van der Waals surface area (Å²) in [5.41, 5.74) is -0.404. The largest absolute Gasteiger partial charge is 0.444 e. The van der Waals surface area contributed by atoms with Gasteiger partial charge in [-0.3, -0.25) is 0 Å². The molecule has 0 radical (unpaired) electrons. The fraction of sp³-hybridized carbons (Fsp3) is 0.929. The Hall–Kier alpha value is -0.770. The number of nitrogens with zero attached hydrogens (tertiary/aromatic N) is 1. The summed E-state index contributed by atoms with van der Waals surface area (Å²) in [5.74, 6) is 0.505. The number of nitrogens with one attached hydrogen (secondary N) is 1. The van der Waals surface area contributed by atoms with Gasteiger partial charge in [0.15, 0.2) is 0 Å². The minimum Gasteiger partial charge on any atom is -0.444 e. The molecule has 18 heavy (non-hydrogen) atoms. The molecule has 4 nitrogen and oxygen atoms in total. The van der Waals surface area contributed by atoms with E-state index >= 15 is 0 Å². The highest BCUT2D eigenvalue weighted by atomic mass is 16.6. The average Bonchev–Trinajstić information content (AvgIpc) is 3.04. The molecule has 1 atom stereocenters. The van der Waals surface area contributed by atoms with E-state index in [0.29, 0.717) is 12.0 Å². The van der Waals surface area contributed by atoms with Crippen LogP contribution in [0.3, 0.4) is 0 Å². The number of hydrogen-bond acceptors (Lipinski definition) is 3. The number of carbonyl (C=O) groups excluding carboxylic acids is 1. The van der Waals surface area contributed by atoms with Crippen LogP contribution in [0.2, 0.25) is 0 Å². The maximum absolute atomic E-state index is 12.1. The van der Waals surface area contributed by atoms with Gasteiger partial charge in [-0.05, 0) is 59.5 Å². The van der Waals surface area contributed by atoms with Crippen LogP contribution < -0.4 is 5.32 Å². The van der Waals surface area contributed by atoms with Gasteiger partial charge in [0.2, 0.25) is 0 Å². The predicted octanol–water partition coefficient (Wildman–Crippen LogP) is 2.63. The Bertz CT molecular complexity index is 269. The molecule has 1 amide bonds. The van der Waals surface area contributed by atoms with Gasteiger partial charge < -0.3 is 15.0 Å². The average molecular weight is 256 g/mol. The van der Waals surface area contributed by atoms with Crippen LogP contribution in [0.4, 0.5) is 4.79 Å². The first-order chi connectivity index (χ1) is 8.33. The molecule has 1 fully saturated rings. The van der Waals surface area contributed by atoms with E-state index in [1.54, 1.807) is 0 Å². The van der Waals surface area contributed by atoms with E-state index in [9.17, 15) is 4.79 Å². The quantitative estimate of drug-likeness (QED) is 0.794. The van der Waals surface area contributed by atoms with Crippen molar-refractivity contribution >= 4 is 6.09 Å². The van der Waals surface area contributed by atoms with Gasteiger partial charge in [0, 0.05) is 12.6 Å². The summed E-state index contributed by atoms with van der Waals surface area (Å²) < 4.78 is 5.48. The lowest BCUT2D eigenvalue weighted by Crippen LogP contribution is -2.40. The van der Waals surface area contributed by atoms with Gasteiger partial charge in [0.05, 0.1) is 0 Å². The van der Waals surface area contributed by atoms with Crippen molar-refractivity contribution in [2.45, 2.75) is 58.6 Å². The molecule has 0 heterocycles. The topological polar surface area (TPSA) is 41.6 Å². The summed E-state index contributed by atoms with van der Waals surface area (Å²) >= 11 is 0. The summed E-state index contributed by atoms with van der Waals surface area (Å²) in [4.78, 5) is 14.1. The minimum absolute atomic E-state index is 0.152. The second-order valence-corrected chi connectivity index (χ2v) is 6.36. The predicted molar refractivity (Wildman–Crippen MR) is 73.7 cm³/mol. The van der Waals surface area contributed by atoms with E-state index in [1.165, 1.54) is 0 Å². The van der Waals surface area contributed by atoms with Crippen molar-refractivity contribution < 1.29 is 9.53 Å². The van der Waals surface area contributed by atoms with Crippen LogP contribution in [0, 0.1) is 5.92 Å². The molecular formula is C14H28N2O2. The molecule has 1 saturated carbocycles. The third-order valence-corrected chi connectivity index (χ3v) is 3.01. The van der Waals surface area contributed by atoms with Crippen LogP contribution in [0.15, 0.2) is 0 Å². The van der Waals surface area contributed by atoms with E-state index in [2.05, 4.69) is 12.2 Å². The zero-order valence-electron chi connectivity index (χ0n) is 12.5. The molecule has 0 aliphatic heterocycles. The smallest absolute Gasteiger partial charge is 0.410 e. The fourth-order valence-electron chi connectivity index (χ4n) is 1.90. The molecule has 1 rings (SSSR count).